The number of rotatable bonds is 7. The minimum Gasteiger partial charge on any atom is -0.350 e. The van der Waals surface area contributed by atoms with Crippen LogP contribution in [0.1, 0.15) is 46.1 Å². The normalized spacial score (nSPS) is 13.0. The van der Waals surface area contributed by atoms with Gasteiger partial charge in [0.15, 0.2) is 0 Å². The SMILES string of the molecule is CCCC(C)(N)C(=O)NCc1ccc(NC(=O)C(C)C)cc1.Cl. The minimum absolute atomic E-state index is 0. The highest BCUT2D eigenvalue weighted by Gasteiger charge is 2.26. The molecule has 1 rings (SSSR count). The van der Waals surface area contributed by atoms with Crippen molar-refractivity contribution < 1.29 is 9.59 Å². The average Bonchev–Trinajstić information content (AvgIpc) is 2.45. The van der Waals surface area contributed by atoms with Gasteiger partial charge in [0.25, 0.3) is 0 Å². The first-order chi connectivity index (χ1) is 10.3. The smallest absolute Gasteiger partial charge is 0.240 e. The molecule has 0 aliphatic carbocycles. The summed E-state index contributed by atoms with van der Waals surface area (Å²) in [6.07, 6.45) is 1.52. The van der Waals surface area contributed by atoms with Crippen molar-refractivity contribution in [2.75, 3.05) is 5.32 Å². The minimum atomic E-state index is -0.833. The van der Waals surface area contributed by atoms with Crippen LogP contribution in [0.25, 0.3) is 0 Å². The summed E-state index contributed by atoms with van der Waals surface area (Å²) in [6, 6.07) is 7.42. The molecule has 1 aromatic carbocycles. The molecule has 0 saturated carbocycles. The molecule has 0 heterocycles. The Bertz CT molecular complexity index is 513. The molecule has 5 nitrogen and oxygen atoms in total. The van der Waals surface area contributed by atoms with Crippen molar-refractivity contribution in [3.63, 3.8) is 0 Å². The van der Waals surface area contributed by atoms with Crippen molar-refractivity contribution >= 4 is 29.9 Å². The number of halogens is 1. The van der Waals surface area contributed by atoms with Crippen LogP contribution < -0.4 is 16.4 Å². The van der Waals surface area contributed by atoms with Crippen LogP contribution >= 0.6 is 12.4 Å². The molecule has 0 bridgehead atoms. The van der Waals surface area contributed by atoms with Gasteiger partial charge in [-0.2, -0.15) is 0 Å². The molecule has 0 aliphatic heterocycles. The number of hydrogen-bond acceptors (Lipinski definition) is 3. The van der Waals surface area contributed by atoms with Gasteiger partial charge in [0, 0.05) is 18.2 Å². The van der Waals surface area contributed by atoms with Crippen LogP contribution in [-0.2, 0) is 16.1 Å². The van der Waals surface area contributed by atoms with Gasteiger partial charge in [-0.3, -0.25) is 9.59 Å². The third-order valence-electron chi connectivity index (χ3n) is 3.49. The van der Waals surface area contributed by atoms with Gasteiger partial charge >= 0.3 is 0 Å². The fraction of sp³-hybridized carbons (Fsp3) is 0.529. The molecule has 130 valence electrons. The quantitative estimate of drug-likeness (QED) is 0.713. The molecule has 0 fully saturated rings. The summed E-state index contributed by atoms with van der Waals surface area (Å²) in [4.78, 5) is 23.6. The Labute approximate surface area is 144 Å². The molecular weight excluding hydrogens is 314 g/mol. The van der Waals surface area contributed by atoms with Crippen LogP contribution in [0.5, 0.6) is 0 Å². The number of nitrogens with one attached hydrogen (secondary N) is 2. The van der Waals surface area contributed by atoms with Gasteiger partial charge in [-0.1, -0.05) is 39.3 Å². The molecule has 0 saturated heterocycles. The molecule has 1 atom stereocenters. The molecule has 23 heavy (non-hydrogen) atoms. The van der Waals surface area contributed by atoms with Gasteiger partial charge < -0.3 is 16.4 Å². The van der Waals surface area contributed by atoms with E-state index in [1.807, 2.05) is 45.0 Å². The third kappa shape index (κ3) is 7.01. The Kier molecular flexibility index (Phi) is 8.87. The van der Waals surface area contributed by atoms with Crippen LogP contribution in [0.4, 0.5) is 5.69 Å². The maximum Gasteiger partial charge on any atom is 0.240 e. The molecule has 4 N–H and O–H groups in total. The van der Waals surface area contributed by atoms with E-state index in [9.17, 15) is 9.59 Å². The van der Waals surface area contributed by atoms with Gasteiger partial charge in [0.05, 0.1) is 5.54 Å². The van der Waals surface area contributed by atoms with E-state index in [0.29, 0.717) is 13.0 Å². The molecule has 2 amide bonds. The first-order valence-corrected chi connectivity index (χ1v) is 7.73. The monoisotopic (exact) mass is 341 g/mol. The average molecular weight is 342 g/mol. The van der Waals surface area contributed by atoms with Gasteiger partial charge in [-0.25, -0.2) is 0 Å². The van der Waals surface area contributed by atoms with Crippen LogP contribution in [-0.4, -0.2) is 17.4 Å². The molecule has 6 heteroatoms. The maximum atomic E-state index is 12.0. The van der Waals surface area contributed by atoms with E-state index >= 15 is 0 Å². The molecule has 1 aromatic rings. The summed E-state index contributed by atoms with van der Waals surface area (Å²) in [5, 5.41) is 5.68. The van der Waals surface area contributed by atoms with Crippen molar-refractivity contribution in [2.24, 2.45) is 11.7 Å². The Morgan fingerprint density at radius 3 is 2.26 bits per heavy atom. The predicted octanol–water partition coefficient (Wildman–Crippen LogP) is 2.84. The Balaban J connectivity index is 0.00000484. The lowest BCUT2D eigenvalue weighted by molar-refractivity contribution is -0.126. The number of benzene rings is 1. The van der Waals surface area contributed by atoms with Crippen molar-refractivity contribution in [3.05, 3.63) is 29.8 Å². The lowest BCUT2D eigenvalue weighted by atomic mass is 9.96. The zero-order valence-corrected chi connectivity index (χ0v) is 15.1. The number of carbonyl (C=O) groups excluding carboxylic acids is 2. The molecular formula is C17H28ClN3O2. The molecule has 0 radical (unpaired) electrons. The van der Waals surface area contributed by atoms with E-state index in [-0.39, 0.29) is 30.1 Å². The summed E-state index contributed by atoms with van der Waals surface area (Å²) >= 11 is 0. The van der Waals surface area contributed by atoms with E-state index in [2.05, 4.69) is 10.6 Å². The lowest BCUT2D eigenvalue weighted by Gasteiger charge is -2.22. The van der Waals surface area contributed by atoms with Crippen LogP contribution in [0.2, 0.25) is 0 Å². The van der Waals surface area contributed by atoms with Gasteiger partial charge in [0.2, 0.25) is 11.8 Å². The van der Waals surface area contributed by atoms with Gasteiger partial charge in [-0.15, -0.1) is 12.4 Å². The summed E-state index contributed by atoms with van der Waals surface area (Å²) in [6.45, 7) is 7.87. The largest absolute Gasteiger partial charge is 0.350 e. The highest BCUT2D eigenvalue weighted by molar-refractivity contribution is 5.92. The third-order valence-corrected chi connectivity index (χ3v) is 3.49. The summed E-state index contributed by atoms with van der Waals surface area (Å²) in [7, 11) is 0. The molecule has 0 spiro atoms. The highest BCUT2D eigenvalue weighted by atomic mass is 35.5. The Morgan fingerprint density at radius 2 is 1.78 bits per heavy atom. The van der Waals surface area contributed by atoms with Crippen LogP contribution in [0, 0.1) is 5.92 Å². The second kappa shape index (κ2) is 9.53. The van der Waals surface area contributed by atoms with E-state index in [0.717, 1.165) is 17.7 Å². The summed E-state index contributed by atoms with van der Waals surface area (Å²) in [5.74, 6) is -0.217. The second-order valence-electron chi connectivity index (χ2n) is 6.19. The first-order valence-electron chi connectivity index (χ1n) is 7.73. The highest BCUT2D eigenvalue weighted by Crippen LogP contribution is 2.12. The lowest BCUT2D eigenvalue weighted by Crippen LogP contribution is -2.51. The number of anilines is 1. The Morgan fingerprint density at radius 1 is 1.22 bits per heavy atom. The van der Waals surface area contributed by atoms with E-state index in [1.165, 1.54) is 0 Å². The number of amides is 2. The number of nitrogens with two attached hydrogens (primary N) is 1. The van der Waals surface area contributed by atoms with E-state index in [4.69, 9.17) is 5.73 Å². The molecule has 0 aliphatic rings. The van der Waals surface area contributed by atoms with Gasteiger partial charge in [-0.05, 0) is 31.0 Å². The molecule has 0 aromatic heterocycles. The second-order valence-corrected chi connectivity index (χ2v) is 6.19. The maximum absolute atomic E-state index is 12.0. The number of carbonyl (C=O) groups is 2. The van der Waals surface area contributed by atoms with Crippen molar-refractivity contribution in [1.82, 2.24) is 5.32 Å². The standard InChI is InChI=1S/C17H27N3O2.ClH/c1-5-10-17(4,18)16(22)19-11-13-6-8-14(9-7-13)20-15(21)12(2)3;/h6-9,12H,5,10-11,18H2,1-4H3,(H,19,22)(H,20,21);1H. The van der Waals surface area contributed by atoms with Crippen molar-refractivity contribution in [2.45, 2.75) is 52.6 Å². The van der Waals surface area contributed by atoms with E-state index < -0.39 is 5.54 Å². The van der Waals surface area contributed by atoms with E-state index in [1.54, 1.807) is 6.92 Å². The topological polar surface area (TPSA) is 84.2 Å². The zero-order valence-electron chi connectivity index (χ0n) is 14.3. The number of hydrogen-bond donors (Lipinski definition) is 3. The van der Waals surface area contributed by atoms with Crippen molar-refractivity contribution in [1.29, 1.82) is 0 Å². The fourth-order valence-electron chi connectivity index (χ4n) is 2.01. The Hall–Kier alpha value is -1.59. The molecule has 1 unspecified atom stereocenters. The fourth-order valence-corrected chi connectivity index (χ4v) is 2.01. The first kappa shape index (κ1) is 21.4. The van der Waals surface area contributed by atoms with Crippen LogP contribution in [0.15, 0.2) is 24.3 Å². The predicted molar refractivity (Wildman–Crippen MR) is 96.5 cm³/mol. The summed E-state index contributed by atoms with van der Waals surface area (Å²) in [5.41, 5.74) is 6.86. The van der Waals surface area contributed by atoms with Crippen LogP contribution in [0.3, 0.4) is 0 Å². The van der Waals surface area contributed by atoms with Gasteiger partial charge in [0.1, 0.15) is 0 Å². The van der Waals surface area contributed by atoms with Crippen molar-refractivity contribution in [3.8, 4) is 0 Å². The summed E-state index contributed by atoms with van der Waals surface area (Å²) < 4.78 is 0. The zero-order chi connectivity index (χ0) is 16.8.